The van der Waals surface area contributed by atoms with Gasteiger partial charge in [0.1, 0.15) is 5.75 Å². The van der Waals surface area contributed by atoms with Gasteiger partial charge in [0.2, 0.25) is 5.91 Å². The highest BCUT2D eigenvalue weighted by molar-refractivity contribution is 5.95. The maximum absolute atomic E-state index is 12.3. The van der Waals surface area contributed by atoms with Crippen molar-refractivity contribution in [3.63, 3.8) is 0 Å². The van der Waals surface area contributed by atoms with Crippen molar-refractivity contribution in [2.45, 2.75) is 13.3 Å². The minimum absolute atomic E-state index is 0.0410. The van der Waals surface area contributed by atoms with E-state index in [-0.39, 0.29) is 24.3 Å². The molecule has 2 amide bonds. The van der Waals surface area contributed by atoms with Crippen LogP contribution < -0.4 is 15.0 Å². The Kier molecular flexibility index (Phi) is 5.47. The van der Waals surface area contributed by atoms with Gasteiger partial charge >= 0.3 is 0 Å². The highest BCUT2D eigenvalue weighted by atomic mass is 16.5. The normalized spacial score (nSPS) is 16.2. The number of amides is 2. The molecule has 0 radical (unpaired) electrons. The maximum Gasteiger partial charge on any atom is 0.257 e. The molecule has 1 unspecified atom stereocenters. The number of aryl methyl sites for hydroxylation is 1. The zero-order valence-electron chi connectivity index (χ0n) is 16.4. The lowest BCUT2D eigenvalue weighted by Crippen LogP contribution is -2.34. The second-order valence-corrected chi connectivity index (χ2v) is 7.51. The van der Waals surface area contributed by atoms with Crippen LogP contribution in [0.4, 0.5) is 5.69 Å². The van der Waals surface area contributed by atoms with Crippen LogP contribution in [0.5, 0.6) is 5.75 Å². The van der Waals surface area contributed by atoms with Gasteiger partial charge in [-0.15, -0.1) is 0 Å². The van der Waals surface area contributed by atoms with Gasteiger partial charge < -0.3 is 15.0 Å². The van der Waals surface area contributed by atoms with E-state index >= 15 is 0 Å². The third kappa shape index (κ3) is 4.57. The minimum atomic E-state index is -0.181. The Bertz CT molecular complexity index is 1030. The van der Waals surface area contributed by atoms with Crippen LogP contribution in [0.25, 0.3) is 10.8 Å². The first-order valence-corrected chi connectivity index (χ1v) is 9.84. The molecule has 1 atom stereocenters. The number of hydrogen-bond acceptors (Lipinski definition) is 3. The first-order chi connectivity index (χ1) is 14.1. The number of carbonyl (C=O) groups is 2. The second-order valence-electron chi connectivity index (χ2n) is 7.51. The monoisotopic (exact) mass is 388 g/mol. The molecule has 1 aliphatic heterocycles. The first kappa shape index (κ1) is 19.0. The van der Waals surface area contributed by atoms with Crippen molar-refractivity contribution in [1.82, 2.24) is 5.32 Å². The highest BCUT2D eigenvalue weighted by Crippen LogP contribution is 2.25. The average molecular weight is 388 g/mol. The Balaban J connectivity index is 1.26. The summed E-state index contributed by atoms with van der Waals surface area (Å²) in [5, 5.41) is 5.10. The van der Waals surface area contributed by atoms with Crippen LogP contribution in [-0.2, 0) is 9.59 Å². The van der Waals surface area contributed by atoms with Gasteiger partial charge in [0, 0.05) is 31.1 Å². The van der Waals surface area contributed by atoms with E-state index in [0.717, 1.165) is 22.0 Å². The molecule has 0 aromatic heterocycles. The third-order valence-corrected chi connectivity index (χ3v) is 5.23. The van der Waals surface area contributed by atoms with E-state index in [4.69, 9.17) is 4.74 Å². The molecule has 3 aromatic rings. The van der Waals surface area contributed by atoms with Crippen molar-refractivity contribution in [2.75, 3.05) is 24.6 Å². The molecule has 0 saturated carbocycles. The van der Waals surface area contributed by atoms with Crippen molar-refractivity contribution in [3.05, 3.63) is 72.3 Å². The lowest BCUT2D eigenvalue weighted by Gasteiger charge is -2.17. The van der Waals surface area contributed by atoms with Gasteiger partial charge in [-0.2, -0.15) is 0 Å². The van der Waals surface area contributed by atoms with E-state index in [1.54, 1.807) is 4.90 Å². The van der Waals surface area contributed by atoms with Gasteiger partial charge in [0.05, 0.1) is 0 Å². The predicted molar refractivity (Wildman–Crippen MR) is 114 cm³/mol. The van der Waals surface area contributed by atoms with Gasteiger partial charge in [-0.3, -0.25) is 9.59 Å². The minimum Gasteiger partial charge on any atom is -0.484 e. The van der Waals surface area contributed by atoms with Crippen LogP contribution in [-0.4, -0.2) is 31.5 Å². The Hall–Kier alpha value is -3.34. The van der Waals surface area contributed by atoms with Crippen molar-refractivity contribution in [2.24, 2.45) is 5.92 Å². The smallest absolute Gasteiger partial charge is 0.257 e. The van der Waals surface area contributed by atoms with E-state index < -0.39 is 0 Å². The van der Waals surface area contributed by atoms with E-state index in [1.165, 1.54) is 0 Å². The fourth-order valence-electron chi connectivity index (χ4n) is 3.61. The molecular weight excluding hydrogens is 364 g/mol. The second kappa shape index (κ2) is 8.35. The van der Waals surface area contributed by atoms with E-state index in [9.17, 15) is 9.59 Å². The Morgan fingerprint density at radius 3 is 2.62 bits per heavy atom. The van der Waals surface area contributed by atoms with Crippen LogP contribution in [0.1, 0.15) is 12.0 Å². The molecule has 0 bridgehead atoms. The number of rotatable bonds is 6. The Labute approximate surface area is 170 Å². The summed E-state index contributed by atoms with van der Waals surface area (Å²) < 4.78 is 5.62. The summed E-state index contributed by atoms with van der Waals surface area (Å²) >= 11 is 0. The van der Waals surface area contributed by atoms with Crippen molar-refractivity contribution in [1.29, 1.82) is 0 Å². The number of carbonyl (C=O) groups excluding carboxylic acids is 2. The zero-order valence-corrected chi connectivity index (χ0v) is 16.4. The summed E-state index contributed by atoms with van der Waals surface area (Å²) in [6, 6.07) is 21.7. The van der Waals surface area contributed by atoms with Gasteiger partial charge in [-0.25, -0.2) is 0 Å². The molecule has 1 saturated heterocycles. The van der Waals surface area contributed by atoms with Crippen LogP contribution in [0.3, 0.4) is 0 Å². The zero-order chi connectivity index (χ0) is 20.2. The number of hydrogen-bond donors (Lipinski definition) is 1. The van der Waals surface area contributed by atoms with E-state index in [1.807, 2.05) is 73.7 Å². The SMILES string of the molecule is Cc1ccc(N2CC(CNC(=O)COc3ccc4ccccc4c3)CC2=O)cc1. The highest BCUT2D eigenvalue weighted by Gasteiger charge is 2.30. The molecule has 1 aliphatic rings. The molecule has 0 spiro atoms. The molecule has 5 heteroatoms. The van der Waals surface area contributed by atoms with Crippen molar-refractivity contribution >= 4 is 28.3 Å². The molecular formula is C24H24N2O3. The number of nitrogens with zero attached hydrogens (tertiary/aromatic N) is 1. The molecule has 3 aromatic carbocycles. The van der Waals surface area contributed by atoms with Crippen LogP contribution >= 0.6 is 0 Å². The molecule has 148 valence electrons. The van der Waals surface area contributed by atoms with Crippen LogP contribution in [0, 0.1) is 12.8 Å². The van der Waals surface area contributed by atoms with Gasteiger partial charge in [0.25, 0.3) is 5.91 Å². The molecule has 29 heavy (non-hydrogen) atoms. The molecule has 1 fully saturated rings. The Morgan fingerprint density at radius 1 is 1.07 bits per heavy atom. The van der Waals surface area contributed by atoms with E-state index in [0.29, 0.717) is 25.3 Å². The number of ether oxygens (including phenoxy) is 1. The van der Waals surface area contributed by atoms with Crippen molar-refractivity contribution in [3.8, 4) is 5.75 Å². The topological polar surface area (TPSA) is 58.6 Å². The quantitative estimate of drug-likeness (QED) is 0.701. The molecule has 5 nitrogen and oxygen atoms in total. The number of nitrogens with one attached hydrogen (secondary N) is 1. The average Bonchev–Trinajstić information content (AvgIpc) is 3.11. The summed E-state index contributed by atoms with van der Waals surface area (Å²) in [5.41, 5.74) is 2.07. The van der Waals surface area contributed by atoms with Gasteiger partial charge in [0.15, 0.2) is 6.61 Å². The predicted octanol–water partition coefficient (Wildman–Crippen LogP) is 3.70. The standard InChI is InChI=1S/C24H24N2O3/c1-17-6-9-21(10-7-17)26-15-18(12-24(26)28)14-25-23(27)16-29-22-11-8-19-4-2-3-5-20(19)13-22/h2-11,13,18H,12,14-16H2,1H3,(H,25,27). The molecule has 4 rings (SSSR count). The fraction of sp³-hybridized carbons (Fsp3) is 0.250. The molecule has 1 heterocycles. The lowest BCUT2D eigenvalue weighted by molar-refractivity contribution is -0.123. The summed E-state index contributed by atoms with van der Waals surface area (Å²) in [4.78, 5) is 26.3. The third-order valence-electron chi connectivity index (χ3n) is 5.23. The van der Waals surface area contributed by atoms with Gasteiger partial charge in [-0.05, 0) is 42.0 Å². The number of anilines is 1. The fourth-order valence-corrected chi connectivity index (χ4v) is 3.61. The summed E-state index contributed by atoms with van der Waals surface area (Å²) in [6.07, 6.45) is 0.444. The number of fused-ring (bicyclic) bond motifs is 1. The first-order valence-electron chi connectivity index (χ1n) is 9.84. The van der Waals surface area contributed by atoms with Gasteiger partial charge in [-0.1, -0.05) is 48.0 Å². The number of benzene rings is 3. The van der Waals surface area contributed by atoms with Crippen LogP contribution in [0.2, 0.25) is 0 Å². The summed E-state index contributed by atoms with van der Waals surface area (Å²) in [5.74, 6) is 0.689. The van der Waals surface area contributed by atoms with Crippen molar-refractivity contribution < 1.29 is 14.3 Å². The summed E-state index contributed by atoms with van der Waals surface area (Å²) in [7, 11) is 0. The molecule has 1 N–H and O–H groups in total. The van der Waals surface area contributed by atoms with Crippen LogP contribution in [0.15, 0.2) is 66.7 Å². The summed E-state index contributed by atoms with van der Waals surface area (Å²) in [6.45, 7) is 3.07. The Morgan fingerprint density at radius 2 is 1.83 bits per heavy atom. The maximum atomic E-state index is 12.3. The largest absolute Gasteiger partial charge is 0.484 e. The van der Waals surface area contributed by atoms with E-state index in [2.05, 4.69) is 5.32 Å². The lowest BCUT2D eigenvalue weighted by atomic mass is 10.1. The molecule has 0 aliphatic carbocycles.